The molecule has 3 rings (SSSR count). The van der Waals surface area contributed by atoms with Gasteiger partial charge in [0.2, 0.25) is 11.8 Å². The highest BCUT2D eigenvalue weighted by Gasteiger charge is 2.37. The number of hydrogen-bond donors (Lipinski definition) is 3. The molecular weight excluding hydrogens is 356 g/mol. The Morgan fingerprint density at radius 2 is 2.15 bits per heavy atom. The molecule has 2 aliphatic rings. The van der Waals surface area contributed by atoms with E-state index in [0.29, 0.717) is 5.69 Å². The lowest BCUT2D eigenvalue weighted by Gasteiger charge is -2.37. The quantitative estimate of drug-likeness (QED) is 0.695. The van der Waals surface area contributed by atoms with Crippen LogP contribution in [0.5, 0.6) is 0 Å². The fourth-order valence-corrected chi connectivity index (χ4v) is 3.56. The third-order valence-corrected chi connectivity index (χ3v) is 5.04. The van der Waals surface area contributed by atoms with Gasteiger partial charge in [0.25, 0.3) is 0 Å². The first-order valence-corrected chi connectivity index (χ1v) is 8.64. The van der Waals surface area contributed by atoms with Crippen LogP contribution in [-0.2, 0) is 16.1 Å². The van der Waals surface area contributed by atoms with Crippen molar-refractivity contribution in [3.05, 3.63) is 29.8 Å². The van der Waals surface area contributed by atoms with Crippen LogP contribution >= 0.6 is 12.4 Å². The van der Waals surface area contributed by atoms with E-state index in [2.05, 4.69) is 10.6 Å². The molecule has 4 amide bonds. The number of anilines is 1. The largest absolute Gasteiger partial charge is 0.329 e. The maximum Gasteiger partial charge on any atom is 0.324 e. The van der Waals surface area contributed by atoms with Crippen molar-refractivity contribution in [2.45, 2.75) is 44.7 Å². The number of carbonyl (C=O) groups is 3. The second-order valence-corrected chi connectivity index (χ2v) is 7.13. The Bertz CT molecular complexity index is 691. The summed E-state index contributed by atoms with van der Waals surface area (Å²) in [7, 11) is 0. The highest BCUT2D eigenvalue weighted by Crippen LogP contribution is 2.32. The van der Waals surface area contributed by atoms with Gasteiger partial charge >= 0.3 is 6.03 Å². The summed E-state index contributed by atoms with van der Waals surface area (Å²) in [6.07, 6.45) is 3.70. The molecule has 2 atom stereocenters. The van der Waals surface area contributed by atoms with Crippen LogP contribution in [0.25, 0.3) is 0 Å². The number of imide groups is 1. The first-order valence-electron chi connectivity index (χ1n) is 8.64. The molecule has 4 N–H and O–H groups in total. The van der Waals surface area contributed by atoms with Crippen molar-refractivity contribution >= 4 is 35.9 Å². The number of urea groups is 1. The standard InChI is InChI=1S/C18H24N4O3.ClH/c1-18(19)8-3-2-7-14(18)16(24)21-13-6-4-5-12(9-13)11-22-15(23)10-20-17(22)25;/h4-6,9,14H,2-3,7-8,10-11,19H2,1H3,(H,20,25)(H,21,24);1H. The van der Waals surface area contributed by atoms with Gasteiger partial charge in [-0.2, -0.15) is 0 Å². The predicted octanol–water partition coefficient (Wildman–Crippen LogP) is 2.01. The van der Waals surface area contributed by atoms with Gasteiger partial charge < -0.3 is 16.4 Å². The summed E-state index contributed by atoms with van der Waals surface area (Å²) in [5.74, 6) is -0.534. The second-order valence-electron chi connectivity index (χ2n) is 7.13. The third kappa shape index (κ3) is 4.34. The van der Waals surface area contributed by atoms with Gasteiger partial charge in [-0.1, -0.05) is 25.0 Å². The molecule has 2 unspecified atom stereocenters. The Kier molecular flexibility index (Phi) is 6.26. The van der Waals surface area contributed by atoms with Crippen LogP contribution in [0.4, 0.5) is 10.5 Å². The molecule has 0 spiro atoms. The van der Waals surface area contributed by atoms with Gasteiger partial charge in [0, 0.05) is 11.2 Å². The summed E-state index contributed by atoms with van der Waals surface area (Å²) in [6, 6.07) is 6.81. The molecule has 0 aromatic heterocycles. The number of nitrogens with one attached hydrogen (secondary N) is 2. The number of halogens is 1. The topological polar surface area (TPSA) is 105 Å². The maximum atomic E-state index is 12.6. The summed E-state index contributed by atoms with van der Waals surface area (Å²) in [4.78, 5) is 37.1. The molecule has 2 fully saturated rings. The van der Waals surface area contributed by atoms with Crippen LogP contribution in [0, 0.1) is 5.92 Å². The van der Waals surface area contributed by atoms with E-state index < -0.39 is 5.54 Å². The molecule has 142 valence electrons. The molecule has 1 aliphatic carbocycles. The molecule has 1 saturated heterocycles. The Labute approximate surface area is 159 Å². The molecule has 7 nitrogen and oxygen atoms in total. The Morgan fingerprint density at radius 1 is 1.38 bits per heavy atom. The summed E-state index contributed by atoms with van der Waals surface area (Å²) in [6.45, 7) is 2.16. The van der Waals surface area contributed by atoms with E-state index in [9.17, 15) is 14.4 Å². The van der Waals surface area contributed by atoms with Gasteiger partial charge in [0.15, 0.2) is 0 Å². The first-order chi connectivity index (χ1) is 11.9. The first kappa shape index (κ1) is 20.2. The summed E-state index contributed by atoms with van der Waals surface area (Å²) in [5.41, 5.74) is 7.24. The van der Waals surface area contributed by atoms with E-state index in [1.54, 1.807) is 18.2 Å². The SMILES string of the molecule is CC1(N)CCCCC1C(=O)Nc1cccc(CN2C(=O)CNC2=O)c1.Cl. The molecule has 26 heavy (non-hydrogen) atoms. The van der Waals surface area contributed by atoms with Crippen molar-refractivity contribution in [3.63, 3.8) is 0 Å². The van der Waals surface area contributed by atoms with E-state index in [0.717, 1.165) is 31.2 Å². The number of rotatable bonds is 4. The van der Waals surface area contributed by atoms with E-state index in [1.807, 2.05) is 13.0 Å². The third-order valence-electron chi connectivity index (χ3n) is 5.04. The van der Waals surface area contributed by atoms with Gasteiger partial charge in [-0.3, -0.25) is 14.5 Å². The highest BCUT2D eigenvalue weighted by atomic mass is 35.5. The van der Waals surface area contributed by atoms with Crippen LogP contribution < -0.4 is 16.4 Å². The fourth-order valence-electron chi connectivity index (χ4n) is 3.56. The highest BCUT2D eigenvalue weighted by molar-refractivity contribution is 6.01. The zero-order valence-electron chi connectivity index (χ0n) is 14.8. The monoisotopic (exact) mass is 380 g/mol. The maximum absolute atomic E-state index is 12.6. The van der Waals surface area contributed by atoms with Crippen molar-refractivity contribution in [1.82, 2.24) is 10.2 Å². The van der Waals surface area contributed by atoms with Crippen LogP contribution in [0.2, 0.25) is 0 Å². The lowest BCUT2D eigenvalue weighted by Crippen LogP contribution is -2.51. The lowest BCUT2D eigenvalue weighted by atomic mass is 9.74. The second kappa shape index (κ2) is 8.05. The van der Waals surface area contributed by atoms with Crippen LogP contribution in [0.15, 0.2) is 24.3 Å². The average molecular weight is 381 g/mol. The molecule has 1 heterocycles. The zero-order valence-corrected chi connectivity index (χ0v) is 15.6. The Morgan fingerprint density at radius 3 is 2.81 bits per heavy atom. The van der Waals surface area contributed by atoms with E-state index >= 15 is 0 Å². The Hall–Kier alpha value is -2.12. The number of amides is 4. The number of nitrogens with two attached hydrogens (primary N) is 1. The smallest absolute Gasteiger partial charge is 0.324 e. The van der Waals surface area contributed by atoms with Crippen LogP contribution in [0.1, 0.15) is 38.2 Å². The molecule has 1 saturated carbocycles. The number of nitrogens with zero attached hydrogens (tertiary/aromatic N) is 1. The molecule has 1 aliphatic heterocycles. The molecule has 1 aromatic rings. The zero-order chi connectivity index (χ0) is 18.0. The lowest BCUT2D eigenvalue weighted by molar-refractivity contribution is -0.125. The van der Waals surface area contributed by atoms with Crippen molar-refractivity contribution in [2.24, 2.45) is 11.7 Å². The van der Waals surface area contributed by atoms with E-state index in [-0.39, 0.29) is 49.3 Å². The number of carbonyl (C=O) groups excluding carboxylic acids is 3. The molecular formula is C18H25ClN4O3. The normalized spacial score (nSPS) is 25.5. The van der Waals surface area contributed by atoms with Crippen molar-refractivity contribution in [1.29, 1.82) is 0 Å². The van der Waals surface area contributed by atoms with Gasteiger partial charge in [-0.25, -0.2) is 4.79 Å². The minimum absolute atomic E-state index is 0. The summed E-state index contributed by atoms with van der Waals surface area (Å²) in [5, 5.41) is 5.42. The molecule has 8 heteroatoms. The van der Waals surface area contributed by atoms with Crippen molar-refractivity contribution in [2.75, 3.05) is 11.9 Å². The summed E-state index contributed by atoms with van der Waals surface area (Å²) >= 11 is 0. The van der Waals surface area contributed by atoms with Gasteiger partial charge in [0.05, 0.1) is 19.0 Å². The van der Waals surface area contributed by atoms with Crippen LogP contribution in [-0.4, -0.2) is 34.8 Å². The molecule has 0 radical (unpaired) electrons. The number of hydrogen-bond acceptors (Lipinski definition) is 4. The van der Waals surface area contributed by atoms with Crippen molar-refractivity contribution in [3.8, 4) is 0 Å². The molecule has 1 aromatic carbocycles. The minimum atomic E-state index is -0.486. The fraction of sp³-hybridized carbons (Fsp3) is 0.500. The predicted molar refractivity (Wildman–Crippen MR) is 101 cm³/mol. The Balaban J connectivity index is 0.00000243. The average Bonchev–Trinajstić information content (AvgIpc) is 2.86. The van der Waals surface area contributed by atoms with Crippen LogP contribution in [0.3, 0.4) is 0 Å². The van der Waals surface area contributed by atoms with E-state index in [1.165, 1.54) is 4.90 Å². The van der Waals surface area contributed by atoms with Gasteiger partial charge in [-0.05, 0) is 37.5 Å². The van der Waals surface area contributed by atoms with E-state index in [4.69, 9.17) is 5.73 Å². The van der Waals surface area contributed by atoms with Gasteiger partial charge in [0.1, 0.15) is 0 Å². The number of benzene rings is 1. The van der Waals surface area contributed by atoms with Crippen molar-refractivity contribution < 1.29 is 14.4 Å². The molecule has 0 bridgehead atoms. The minimum Gasteiger partial charge on any atom is -0.329 e. The summed E-state index contributed by atoms with van der Waals surface area (Å²) < 4.78 is 0. The van der Waals surface area contributed by atoms with Gasteiger partial charge in [-0.15, -0.1) is 12.4 Å².